The fraction of sp³-hybridized carbons (Fsp3) is 0.500. The van der Waals surface area contributed by atoms with Crippen LogP contribution in [0.4, 0.5) is 5.82 Å². The van der Waals surface area contributed by atoms with E-state index in [1.54, 1.807) is 6.07 Å². The van der Waals surface area contributed by atoms with Crippen LogP contribution in [0.1, 0.15) is 6.42 Å². The number of nitrogens with zero attached hydrogens (tertiary/aromatic N) is 2. The Bertz CT molecular complexity index is 426. The molecule has 2 N–H and O–H groups in total. The second kappa shape index (κ2) is 4.64. The molecule has 3 unspecified atom stereocenters. The van der Waals surface area contributed by atoms with Crippen LogP contribution in [0.2, 0.25) is 0 Å². The van der Waals surface area contributed by atoms with Crippen molar-refractivity contribution in [3.05, 3.63) is 28.4 Å². The van der Waals surface area contributed by atoms with E-state index in [9.17, 15) is 10.1 Å². The van der Waals surface area contributed by atoms with Crippen LogP contribution in [0.5, 0.6) is 5.75 Å². The third-order valence-electron chi connectivity index (χ3n) is 2.77. The van der Waals surface area contributed by atoms with E-state index >= 15 is 0 Å². The van der Waals surface area contributed by atoms with Crippen LogP contribution in [0.15, 0.2) is 18.3 Å². The Morgan fingerprint density at radius 1 is 1.65 bits per heavy atom. The van der Waals surface area contributed by atoms with Crippen LogP contribution in [0.25, 0.3) is 0 Å². The SMILES string of the molecule is COC1C(N)CC1Oc1cccnc1[N+](=O)[O-]. The Morgan fingerprint density at radius 3 is 3.00 bits per heavy atom. The highest BCUT2D eigenvalue weighted by molar-refractivity contribution is 5.39. The van der Waals surface area contributed by atoms with Crippen LogP contribution in [0.3, 0.4) is 0 Å². The summed E-state index contributed by atoms with van der Waals surface area (Å²) in [5, 5.41) is 10.7. The Kier molecular flexibility index (Phi) is 3.21. The minimum absolute atomic E-state index is 0.0827. The van der Waals surface area contributed by atoms with E-state index in [1.807, 2.05) is 0 Å². The smallest absolute Gasteiger partial charge is 0.406 e. The summed E-state index contributed by atoms with van der Waals surface area (Å²) < 4.78 is 10.7. The molecule has 0 aromatic carbocycles. The van der Waals surface area contributed by atoms with Crippen LogP contribution in [-0.4, -0.2) is 35.3 Å². The van der Waals surface area contributed by atoms with Crippen LogP contribution >= 0.6 is 0 Å². The average molecular weight is 239 g/mol. The van der Waals surface area contributed by atoms with Crippen molar-refractivity contribution in [2.75, 3.05) is 7.11 Å². The summed E-state index contributed by atoms with van der Waals surface area (Å²) in [6, 6.07) is 3.02. The molecule has 0 spiro atoms. The molecule has 0 saturated heterocycles. The summed E-state index contributed by atoms with van der Waals surface area (Å²) in [5.41, 5.74) is 5.72. The number of hydrogen-bond donors (Lipinski definition) is 1. The zero-order chi connectivity index (χ0) is 12.4. The summed E-state index contributed by atoms with van der Waals surface area (Å²) in [5.74, 6) is -0.140. The van der Waals surface area contributed by atoms with E-state index in [-0.39, 0.29) is 29.8 Å². The molecule has 3 atom stereocenters. The van der Waals surface area contributed by atoms with Gasteiger partial charge in [-0.1, -0.05) is 0 Å². The monoisotopic (exact) mass is 239 g/mol. The molecule has 92 valence electrons. The number of ether oxygens (including phenoxy) is 2. The molecule has 1 aliphatic carbocycles. The topological polar surface area (TPSA) is 101 Å². The maximum absolute atomic E-state index is 10.7. The first-order valence-corrected chi connectivity index (χ1v) is 5.18. The second-order valence-corrected chi connectivity index (χ2v) is 3.84. The molecule has 1 aromatic heterocycles. The van der Waals surface area contributed by atoms with Crippen molar-refractivity contribution in [1.29, 1.82) is 0 Å². The molecular weight excluding hydrogens is 226 g/mol. The van der Waals surface area contributed by atoms with Crippen molar-refractivity contribution >= 4 is 5.82 Å². The van der Waals surface area contributed by atoms with E-state index < -0.39 is 4.92 Å². The van der Waals surface area contributed by atoms with Crippen molar-refractivity contribution in [1.82, 2.24) is 4.98 Å². The molecule has 0 amide bonds. The van der Waals surface area contributed by atoms with E-state index in [4.69, 9.17) is 15.2 Å². The van der Waals surface area contributed by atoms with Gasteiger partial charge in [-0.15, -0.1) is 0 Å². The van der Waals surface area contributed by atoms with E-state index in [0.29, 0.717) is 6.42 Å². The highest BCUT2D eigenvalue weighted by Gasteiger charge is 2.41. The minimum Gasteiger partial charge on any atom is -0.479 e. The van der Waals surface area contributed by atoms with Crippen molar-refractivity contribution in [2.24, 2.45) is 5.73 Å². The highest BCUT2D eigenvalue weighted by atomic mass is 16.6. The summed E-state index contributed by atoms with van der Waals surface area (Å²) >= 11 is 0. The Labute approximate surface area is 97.7 Å². The number of nitrogens with two attached hydrogens (primary N) is 1. The predicted molar refractivity (Wildman–Crippen MR) is 58.7 cm³/mol. The van der Waals surface area contributed by atoms with Gasteiger partial charge < -0.3 is 25.3 Å². The predicted octanol–water partition coefficient (Wildman–Crippen LogP) is 0.483. The van der Waals surface area contributed by atoms with Crippen LogP contribution in [-0.2, 0) is 4.74 Å². The van der Waals surface area contributed by atoms with E-state index in [1.165, 1.54) is 19.4 Å². The van der Waals surface area contributed by atoms with E-state index in [2.05, 4.69) is 4.98 Å². The molecule has 1 heterocycles. The lowest BCUT2D eigenvalue weighted by Gasteiger charge is -2.40. The lowest BCUT2D eigenvalue weighted by atomic mass is 9.86. The van der Waals surface area contributed by atoms with Gasteiger partial charge in [0.05, 0.1) is 0 Å². The number of methoxy groups -OCH3 is 1. The number of hydrogen-bond acceptors (Lipinski definition) is 6. The fourth-order valence-corrected chi connectivity index (χ4v) is 1.83. The van der Waals surface area contributed by atoms with Crippen molar-refractivity contribution in [3.63, 3.8) is 0 Å². The van der Waals surface area contributed by atoms with Gasteiger partial charge in [-0.2, -0.15) is 0 Å². The maximum atomic E-state index is 10.7. The number of pyridine rings is 1. The third kappa shape index (κ3) is 2.20. The molecule has 1 aromatic rings. The van der Waals surface area contributed by atoms with Gasteiger partial charge in [-0.3, -0.25) is 0 Å². The quantitative estimate of drug-likeness (QED) is 0.606. The maximum Gasteiger partial charge on any atom is 0.406 e. The first kappa shape index (κ1) is 11.7. The zero-order valence-electron chi connectivity index (χ0n) is 9.28. The third-order valence-corrected chi connectivity index (χ3v) is 2.77. The Hall–Kier alpha value is -1.73. The van der Waals surface area contributed by atoms with Crippen LogP contribution in [0, 0.1) is 10.1 Å². The standard InChI is InChI=1S/C10H13N3O4/c1-16-9-6(11)5-8(9)17-7-3-2-4-12-10(7)13(14)15/h2-4,6,8-9H,5,11H2,1H3. The first-order chi connectivity index (χ1) is 8.13. The fourth-order valence-electron chi connectivity index (χ4n) is 1.83. The van der Waals surface area contributed by atoms with Gasteiger partial charge in [-0.05, 0) is 22.0 Å². The van der Waals surface area contributed by atoms with Gasteiger partial charge in [0.1, 0.15) is 18.4 Å². The van der Waals surface area contributed by atoms with Crippen molar-refractivity contribution in [3.8, 4) is 5.75 Å². The lowest BCUT2D eigenvalue weighted by molar-refractivity contribution is -0.391. The molecule has 0 aliphatic heterocycles. The molecular formula is C10H13N3O4. The highest BCUT2D eigenvalue weighted by Crippen LogP contribution is 2.31. The minimum atomic E-state index is -0.574. The molecule has 2 rings (SSSR count). The van der Waals surface area contributed by atoms with Crippen LogP contribution < -0.4 is 10.5 Å². The number of aromatic nitrogens is 1. The average Bonchev–Trinajstić information content (AvgIpc) is 2.29. The number of nitro groups is 1. The first-order valence-electron chi connectivity index (χ1n) is 5.18. The Morgan fingerprint density at radius 2 is 2.41 bits per heavy atom. The molecule has 0 radical (unpaired) electrons. The largest absolute Gasteiger partial charge is 0.479 e. The molecule has 1 saturated carbocycles. The normalized spacial score (nSPS) is 27.3. The van der Waals surface area contributed by atoms with Gasteiger partial charge in [0, 0.05) is 19.6 Å². The Balaban J connectivity index is 2.12. The second-order valence-electron chi connectivity index (χ2n) is 3.84. The van der Waals surface area contributed by atoms with Gasteiger partial charge in [0.2, 0.25) is 5.75 Å². The lowest BCUT2D eigenvalue weighted by Crippen LogP contribution is -2.59. The molecule has 1 fully saturated rings. The summed E-state index contributed by atoms with van der Waals surface area (Å²) in [4.78, 5) is 13.8. The van der Waals surface area contributed by atoms with Gasteiger partial charge in [0.15, 0.2) is 0 Å². The molecule has 1 aliphatic rings. The molecule has 7 heteroatoms. The molecule has 17 heavy (non-hydrogen) atoms. The van der Waals surface area contributed by atoms with E-state index in [0.717, 1.165) is 0 Å². The number of rotatable bonds is 4. The molecule has 7 nitrogen and oxygen atoms in total. The van der Waals surface area contributed by atoms with Gasteiger partial charge in [0.25, 0.3) is 0 Å². The summed E-state index contributed by atoms with van der Waals surface area (Å²) in [6.45, 7) is 0. The van der Waals surface area contributed by atoms with Gasteiger partial charge in [-0.25, -0.2) is 0 Å². The van der Waals surface area contributed by atoms with Crippen molar-refractivity contribution in [2.45, 2.75) is 24.7 Å². The summed E-state index contributed by atoms with van der Waals surface area (Å²) in [7, 11) is 1.54. The van der Waals surface area contributed by atoms with Crippen molar-refractivity contribution < 1.29 is 14.4 Å². The zero-order valence-corrected chi connectivity index (χ0v) is 9.28. The molecule has 0 bridgehead atoms. The van der Waals surface area contributed by atoms with Gasteiger partial charge >= 0.3 is 5.82 Å². The summed E-state index contributed by atoms with van der Waals surface area (Å²) in [6.07, 6.45) is 1.49.